The van der Waals surface area contributed by atoms with Gasteiger partial charge in [-0.2, -0.15) is 0 Å². The van der Waals surface area contributed by atoms with Crippen molar-refractivity contribution >= 4 is 17.8 Å². The van der Waals surface area contributed by atoms with Crippen molar-refractivity contribution in [2.75, 3.05) is 6.54 Å². The van der Waals surface area contributed by atoms with Crippen LogP contribution in [0.25, 0.3) is 0 Å². The van der Waals surface area contributed by atoms with Crippen LogP contribution in [0.15, 0.2) is 24.4 Å². The number of nitrogens with one attached hydrogen (secondary N) is 3. The number of carbonyl (C=O) groups is 2. The number of pyridine rings is 1. The van der Waals surface area contributed by atoms with Crippen LogP contribution < -0.4 is 16.4 Å². The summed E-state index contributed by atoms with van der Waals surface area (Å²) in [6.07, 6.45) is 2.15. The first-order chi connectivity index (χ1) is 9.50. The van der Waals surface area contributed by atoms with Crippen LogP contribution in [-0.2, 0) is 4.79 Å². The van der Waals surface area contributed by atoms with E-state index in [2.05, 4.69) is 15.6 Å². The highest BCUT2D eigenvalue weighted by Crippen LogP contribution is 2.00. The van der Waals surface area contributed by atoms with Gasteiger partial charge in [-0.05, 0) is 25.0 Å². The van der Waals surface area contributed by atoms with Gasteiger partial charge in [0, 0.05) is 12.7 Å². The third kappa shape index (κ3) is 5.34. The monoisotopic (exact) mass is 279 g/mol. The Hall–Kier alpha value is -2.64. The molecule has 108 valence electrons. The van der Waals surface area contributed by atoms with Gasteiger partial charge >= 0.3 is 5.97 Å². The minimum absolute atomic E-state index is 0.167. The number of carbonyl (C=O) groups excluding carboxylic acids is 1. The summed E-state index contributed by atoms with van der Waals surface area (Å²) in [4.78, 5) is 26.7. The summed E-state index contributed by atoms with van der Waals surface area (Å²) >= 11 is 0. The second kappa shape index (κ2) is 7.72. The molecule has 0 aliphatic carbocycles. The lowest BCUT2D eigenvalue weighted by molar-refractivity contribution is -0.139. The van der Waals surface area contributed by atoms with Crippen LogP contribution in [0.2, 0.25) is 0 Å². The Bertz CT molecular complexity index is 477. The van der Waals surface area contributed by atoms with Crippen molar-refractivity contribution in [3.05, 3.63) is 30.1 Å². The summed E-state index contributed by atoms with van der Waals surface area (Å²) in [5, 5.41) is 21.0. The van der Waals surface area contributed by atoms with Crippen LogP contribution >= 0.6 is 0 Å². The molecule has 0 bridgehead atoms. The first kappa shape index (κ1) is 15.4. The van der Waals surface area contributed by atoms with Crippen molar-refractivity contribution in [2.24, 2.45) is 5.73 Å². The lowest BCUT2D eigenvalue weighted by atomic mass is 10.1. The van der Waals surface area contributed by atoms with E-state index in [1.807, 2.05) is 0 Å². The molecule has 1 aromatic rings. The number of rotatable bonds is 7. The number of nitrogens with zero attached hydrogens (tertiary/aromatic N) is 1. The van der Waals surface area contributed by atoms with E-state index in [0.717, 1.165) is 0 Å². The van der Waals surface area contributed by atoms with Gasteiger partial charge < -0.3 is 21.5 Å². The average molecular weight is 279 g/mol. The predicted molar refractivity (Wildman–Crippen MR) is 72.3 cm³/mol. The Balaban J connectivity index is 2.49. The highest BCUT2D eigenvalue weighted by atomic mass is 16.4. The number of hydrogen-bond donors (Lipinski definition) is 5. The SMILES string of the molecule is N=C(N)NCCC[C@H](NC(=O)c1ccccn1)C(=O)O. The van der Waals surface area contributed by atoms with Crippen molar-refractivity contribution < 1.29 is 14.7 Å². The summed E-state index contributed by atoms with van der Waals surface area (Å²) in [6.45, 7) is 0.374. The fraction of sp³-hybridized carbons (Fsp3) is 0.333. The van der Waals surface area contributed by atoms with E-state index >= 15 is 0 Å². The maximum absolute atomic E-state index is 11.8. The molecule has 1 amide bonds. The van der Waals surface area contributed by atoms with Crippen LogP contribution in [0.4, 0.5) is 0 Å². The van der Waals surface area contributed by atoms with Gasteiger partial charge in [-0.1, -0.05) is 6.07 Å². The molecule has 6 N–H and O–H groups in total. The quantitative estimate of drug-likeness (QED) is 0.259. The van der Waals surface area contributed by atoms with Gasteiger partial charge in [-0.3, -0.25) is 15.2 Å². The Morgan fingerprint density at radius 3 is 2.75 bits per heavy atom. The zero-order valence-electron chi connectivity index (χ0n) is 10.8. The highest BCUT2D eigenvalue weighted by molar-refractivity contribution is 5.94. The van der Waals surface area contributed by atoms with E-state index in [0.29, 0.717) is 13.0 Å². The zero-order chi connectivity index (χ0) is 15.0. The number of hydrogen-bond acceptors (Lipinski definition) is 4. The number of amides is 1. The Morgan fingerprint density at radius 2 is 2.20 bits per heavy atom. The van der Waals surface area contributed by atoms with Gasteiger partial charge in [0.1, 0.15) is 11.7 Å². The average Bonchev–Trinajstić information content (AvgIpc) is 2.42. The lowest BCUT2D eigenvalue weighted by Crippen LogP contribution is -2.41. The number of aliphatic carboxylic acids is 1. The molecule has 0 fully saturated rings. The highest BCUT2D eigenvalue weighted by Gasteiger charge is 2.20. The van der Waals surface area contributed by atoms with E-state index in [9.17, 15) is 9.59 Å². The molecule has 0 saturated carbocycles. The van der Waals surface area contributed by atoms with E-state index in [1.54, 1.807) is 12.1 Å². The van der Waals surface area contributed by atoms with E-state index in [4.69, 9.17) is 16.2 Å². The first-order valence-corrected chi connectivity index (χ1v) is 6.03. The van der Waals surface area contributed by atoms with Crippen molar-refractivity contribution in [3.8, 4) is 0 Å². The van der Waals surface area contributed by atoms with Crippen molar-refractivity contribution in [1.29, 1.82) is 5.41 Å². The van der Waals surface area contributed by atoms with Gasteiger partial charge in [0.2, 0.25) is 0 Å². The van der Waals surface area contributed by atoms with Gasteiger partial charge in [0.25, 0.3) is 5.91 Å². The molecule has 8 heteroatoms. The normalized spacial score (nSPS) is 11.4. The lowest BCUT2D eigenvalue weighted by Gasteiger charge is -2.14. The number of carboxylic acid groups (broad SMARTS) is 1. The molecule has 0 aromatic carbocycles. The third-order valence-electron chi connectivity index (χ3n) is 2.49. The number of carboxylic acids is 1. The van der Waals surface area contributed by atoms with E-state index in [-0.39, 0.29) is 18.1 Å². The second-order valence-electron chi connectivity index (χ2n) is 4.06. The van der Waals surface area contributed by atoms with Crippen molar-refractivity contribution in [1.82, 2.24) is 15.6 Å². The largest absolute Gasteiger partial charge is 0.480 e. The molecule has 1 atom stereocenters. The topological polar surface area (TPSA) is 141 Å². The molecule has 0 aliphatic rings. The predicted octanol–water partition coefficient (Wildman–Crippen LogP) is -0.472. The van der Waals surface area contributed by atoms with Gasteiger partial charge in [0.15, 0.2) is 5.96 Å². The van der Waals surface area contributed by atoms with E-state index in [1.165, 1.54) is 12.3 Å². The van der Waals surface area contributed by atoms with Gasteiger partial charge in [0.05, 0.1) is 0 Å². The number of guanidine groups is 1. The molecule has 1 rings (SSSR count). The van der Waals surface area contributed by atoms with Crippen molar-refractivity contribution in [3.63, 3.8) is 0 Å². The van der Waals surface area contributed by atoms with Crippen LogP contribution in [-0.4, -0.2) is 40.5 Å². The van der Waals surface area contributed by atoms with Crippen LogP contribution in [0, 0.1) is 5.41 Å². The Kier molecular flexibility index (Phi) is 5.95. The van der Waals surface area contributed by atoms with Gasteiger partial charge in [-0.15, -0.1) is 0 Å². The number of aromatic nitrogens is 1. The fourth-order valence-corrected chi connectivity index (χ4v) is 1.52. The molecule has 0 unspecified atom stereocenters. The fourth-order valence-electron chi connectivity index (χ4n) is 1.52. The molecule has 0 radical (unpaired) electrons. The van der Waals surface area contributed by atoms with Crippen molar-refractivity contribution in [2.45, 2.75) is 18.9 Å². The standard InChI is InChI=1S/C12H17N5O3/c13-12(14)16-7-3-5-9(11(19)20)17-10(18)8-4-1-2-6-15-8/h1-2,4,6,9H,3,5,7H2,(H,17,18)(H,19,20)(H4,13,14,16)/t9-/m0/s1. The maximum Gasteiger partial charge on any atom is 0.326 e. The summed E-state index contributed by atoms with van der Waals surface area (Å²) < 4.78 is 0. The minimum atomic E-state index is -1.11. The minimum Gasteiger partial charge on any atom is -0.480 e. The summed E-state index contributed by atoms with van der Waals surface area (Å²) in [7, 11) is 0. The molecule has 0 aliphatic heterocycles. The molecule has 0 spiro atoms. The molecular formula is C12H17N5O3. The molecule has 0 saturated heterocycles. The molecule has 1 heterocycles. The second-order valence-corrected chi connectivity index (χ2v) is 4.06. The van der Waals surface area contributed by atoms with Crippen LogP contribution in [0.1, 0.15) is 23.3 Å². The smallest absolute Gasteiger partial charge is 0.326 e. The molecule has 20 heavy (non-hydrogen) atoms. The first-order valence-electron chi connectivity index (χ1n) is 6.03. The van der Waals surface area contributed by atoms with E-state index < -0.39 is 17.9 Å². The van der Waals surface area contributed by atoms with Gasteiger partial charge in [-0.25, -0.2) is 4.79 Å². The van der Waals surface area contributed by atoms with Crippen LogP contribution in [0.3, 0.4) is 0 Å². The summed E-state index contributed by atoms with van der Waals surface area (Å²) in [5.74, 6) is -1.82. The molecule has 8 nitrogen and oxygen atoms in total. The third-order valence-corrected chi connectivity index (χ3v) is 2.49. The Morgan fingerprint density at radius 1 is 1.45 bits per heavy atom. The molecular weight excluding hydrogens is 262 g/mol. The summed E-state index contributed by atoms with van der Waals surface area (Å²) in [6, 6.07) is 3.82. The molecule has 1 aromatic heterocycles. The summed E-state index contributed by atoms with van der Waals surface area (Å²) in [5.41, 5.74) is 5.27. The van der Waals surface area contributed by atoms with Crippen LogP contribution in [0.5, 0.6) is 0 Å². The number of nitrogens with two attached hydrogens (primary N) is 1. The maximum atomic E-state index is 11.8. The Labute approximate surface area is 115 Å². The zero-order valence-corrected chi connectivity index (χ0v) is 10.8.